The van der Waals surface area contributed by atoms with Gasteiger partial charge in [-0.2, -0.15) is 5.10 Å². The lowest BCUT2D eigenvalue weighted by Crippen LogP contribution is -2.35. The number of aryl methyl sites for hydroxylation is 1. The minimum atomic E-state index is 0.0410. The molecule has 4 aromatic heterocycles. The lowest BCUT2D eigenvalue weighted by molar-refractivity contribution is -0.134. The van der Waals surface area contributed by atoms with Gasteiger partial charge in [0.1, 0.15) is 17.0 Å². The Labute approximate surface area is 183 Å². The third kappa shape index (κ3) is 3.38. The van der Waals surface area contributed by atoms with E-state index in [9.17, 15) is 4.79 Å². The van der Waals surface area contributed by atoms with E-state index in [4.69, 9.17) is 4.74 Å². The van der Waals surface area contributed by atoms with Gasteiger partial charge in [0.05, 0.1) is 29.9 Å². The Hall–Kier alpha value is -3.20. The van der Waals surface area contributed by atoms with Gasteiger partial charge in [-0.15, -0.1) is 11.3 Å². The molecule has 1 amide bonds. The number of carbonyl (C=O) groups excluding carboxylic acids is 1. The van der Waals surface area contributed by atoms with Gasteiger partial charge >= 0.3 is 0 Å². The molecule has 1 aliphatic rings. The van der Waals surface area contributed by atoms with E-state index < -0.39 is 0 Å². The number of aromatic nitrogens is 4. The summed E-state index contributed by atoms with van der Waals surface area (Å²) in [4.78, 5) is 25.8. The van der Waals surface area contributed by atoms with Gasteiger partial charge in [0.2, 0.25) is 5.91 Å². The maximum Gasteiger partial charge on any atom is 0.225 e. The van der Waals surface area contributed by atoms with E-state index in [1.807, 2.05) is 37.2 Å². The molecule has 4 heterocycles. The zero-order chi connectivity index (χ0) is 21.5. The quantitative estimate of drug-likeness (QED) is 0.514. The molecule has 0 fully saturated rings. The minimum Gasteiger partial charge on any atom is -0.493 e. The third-order valence-corrected chi connectivity index (χ3v) is 7.18. The Bertz CT molecular complexity index is 1280. The number of carbonyl (C=O) groups is 1. The van der Waals surface area contributed by atoms with Crippen LogP contribution in [0.15, 0.2) is 30.9 Å². The summed E-state index contributed by atoms with van der Waals surface area (Å²) in [6.45, 7) is 2.74. The smallest absolute Gasteiger partial charge is 0.225 e. The second-order valence-electron chi connectivity index (χ2n) is 7.78. The van der Waals surface area contributed by atoms with Gasteiger partial charge in [-0.3, -0.25) is 4.79 Å². The molecule has 0 saturated carbocycles. The van der Waals surface area contributed by atoms with E-state index in [1.54, 1.807) is 35.5 Å². The molecule has 9 heteroatoms. The highest BCUT2D eigenvalue weighted by Gasteiger charge is 2.30. The number of pyridine rings is 1. The van der Waals surface area contributed by atoms with Crippen molar-refractivity contribution in [3.05, 3.63) is 41.3 Å². The zero-order valence-corrected chi connectivity index (χ0v) is 18.6. The second kappa shape index (κ2) is 7.81. The first kappa shape index (κ1) is 19.7. The summed E-state index contributed by atoms with van der Waals surface area (Å²) in [5, 5.41) is 8.78. The van der Waals surface area contributed by atoms with Gasteiger partial charge in [0.15, 0.2) is 5.75 Å². The fraction of sp³-hybridized carbons (Fsp3) is 0.364. The molecule has 160 valence electrons. The molecule has 1 N–H and O–H groups in total. The third-order valence-electron chi connectivity index (χ3n) is 6.02. The van der Waals surface area contributed by atoms with Crippen LogP contribution in [-0.2, 0) is 17.6 Å². The molecule has 5 rings (SSSR count). The summed E-state index contributed by atoms with van der Waals surface area (Å²) >= 11 is 1.67. The van der Waals surface area contributed by atoms with E-state index in [1.165, 1.54) is 10.4 Å². The first-order chi connectivity index (χ1) is 15.1. The molecule has 0 spiro atoms. The van der Waals surface area contributed by atoms with Gasteiger partial charge in [0.25, 0.3) is 0 Å². The van der Waals surface area contributed by atoms with Crippen LogP contribution < -0.4 is 10.1 Å². The van der Waals surface area contributed by atoms with E-state index in [0.717, 1.165) is 53.0 Å². The summed E-state index contributed by atoms with van der Waals surface area (Å²) in [5.74, 6) is 1.72. The van der Waals surface area contributed by atoms with Gasteiger partial charge in [0, 0.05) is 30.6 Å². The number of anilines is 2. The number of amides is 1. The number of nitrogens with one attached hydrogen (secondary N) is 1. The molecule has 0 saturated heterocycles. The SMILES string of the molecule is CCN(C)C(=O)[C@H]1CCc2c(sc3ncnc(Nc4cc5ccnn5cc4OC)c23)C1. The normalized spacial score (nSPS) is 15.8. The Morgan fingerprint density at radius 1 is 1.42 bits per heavy atom. The fourth-order valence-electron chi connectivity index (χ4n) is 4.22. The lowest BCUT2D eigenvalue weighted by Gasteiger charge is -2.26. The predicted molar refractivity (Wildman–Crippen MR) is 121 cm³/mol. The number of ether oxygens (including phenoxy) is 1. The summed E-state index contributed by atoms with van der Waals surface area (Å²) in [7, 11) is 3.52. The predicted octanol–water partition coefficient (Wildman–Crippen LogP) is 3.67. The molecule has 8 nitrogen and oxygen atoms in total. The number of hydrogen-bond donors (Lipinski definition) is 1. The van der Waals surface area contributed by atoms with Crippen molar-refractivity contribution in [2.75, 3.05) is 26.0 Å². The molecule has 0 unspecified atom stereocenters. The van der Waals surface area contributed by atoms with Crippen molar-refractivity contribution in [3.63, 3.8) is 0 Å². The molecule has 4 aromatic rings. The summed E-state index contributed by atoms with van der Waals surface area (Å²) in [6, 6.07) is 3.94. The molecule has 0 aromatic carbocycles. The summed E-state index contributed by atoms with van der Waals surface area (Å²) in [5.41, 5.74) is 3.04. The van der Waals surface area contributed by atoms with Gasteiger partial charge in [-0.1, -0.05) is 0 Å². The first-order valence-corrected chi connectivity index (χ1v) is 11.2. The first-order valence-electron chi connectivity index (χ1n) is 10.4. The monoisotopic (exact) mass is 436 g/mol. The Morgan fingerprint density at radius 2 is 2.29 bits per heavy atom. The van der Waals surface area contributed by atoms with E-state index in [2.05, 4.69) is 20.4 Å². The molecular weight excluding hydrogens is 412 g/mol. The molecule has 0 bridgehead atoms. The second-order valence-corrected chi connectivity index (χ2v) is 8.86. The Morgan fingerprint density at radius 3 is 3.10 bits per heavy atom. The van der Waals surface area contributed by atoms with Crippen molar-refractivity contribution in [1.29, 1.82) is 0 Å². The van der Waals surface area contributed by atoms with E-state index in [-0.39, 0.29) is 11.8 Å². The number of hydrogen-bond acceptors (Lipinski definition) is 7. The molecule has 1 aliphatic carbocycles. The van der Waals surface area contributed by atoms with Crippen molar-refractivity contribution in [2.45, 2.75) is 26.2 Å². The van der Waals surface area contributed by atoms with Crippen molar-refractivity contribution in [2.24, 2.45) is 5.92 Å². The lowest BCUT2D eigenvalue weighted by atomic mass is 9.87. The maximum absolute atomic E-state index is 12.7. The standard InChI is InChI=1S/C22H24N6O2S/c1-4-27(2)22(29)13-5-6-15-18(9-13)31-21-19(15)20(23-12-24-21)26-16-10-14-7-8-25-28(14)11-17(16)30-3/h7-8,10-13H,4-6,9H2,1-3H3,(H,23,24,26)/t13-/m0/s1. The molecule has 1 atom stereocenters. The van der Waals surface area contributed by atoms with Crippen LogP contribution in [0.3, 0.4) is 0 Å². The largest absolute Gasteiger partial charge is 0.493 e. The highest BCUT2D eigenvalue weighted by atomic mass is 32.1. The van der Waals surface area contributed by atoms with E-state index in [0.29, 0.717) is 5.75 Å². The van der Waals surface area contributed by atoms with Crippen molar-refractivity contribution in [1.82, 2.24) is 24.5 Å². The summed E-state index contributed by atoms with van der Waals surface area (Å²) in [6.07, 6.45) is 7.66. The number of rotatable bonds is 5. The summed E-state index contributed by atoms with van der Waals surface area (Å²) < 4.78 is 7.34. The highest BCUT2D eigenvalue weighted by Crippen LogP contribution is 2.41. The van der Waals surface area contributed by atoms with Gasteiger partial charge in [-0.05, 0) is 43.9 Å². The molecule has 0 radical (unpaired) electrons. The van der Waals surface area contributed by atoms with Crippen LogP contribution >= 0.6 is 11.3 Å². The average molecular weight is 437 g/mol. The zero-order valence-electron chi connectivity index (χ0n) is 17.8. The number of thiophene rings is 1. The molecular formula is C22H24N6O2S. The van der Waals surface area contributed by atoms with E-state index >= 15 is 0 Å². The molecule has 0 aliphatic heterocycles. The van der Waals surface area contributed by atoms with Crippen molar-refractivity contribution >= 4 is 44.5 Å². The van der Waals surface area contributed by atoms with Crippen LogP contribution in [0.4, 0.5) is 11.5 Å². The maximum atomic E-state index is 12.7. The number of fused-ring (bicyclic) bond motifs is 4. The molecule has 31 heavy (non-hydrogen) atoms. The minimum absolute atomic E-state index is 0.0410. The van der Waals surface area contributed by atoms with Gasteiger partial charge in [-0.25, -0.2) is 14.5 Å². The van der Waals surface area contributed by atoms with Crippen molar-refractivity contribution in [3.8, 4) is 5.75 Å². The fourth-order valence-corrected chi connectivity index (χ4v) is 5.48. The number of methoxy groups -OCH3 is 1. The van der Waals surface area contributed by atoms with Crippen LogP contribution in [0.25, 0.3) is 15.7 Å². The highest BCUT2D eigenvalue weighted by molar-refractivity contribution is 7.19. The Kier molecular flexibility index (Phi) is 4.97. The Balaban J connectivity index is 1.52. The van der Waals surface area contributed by atoms with Crippen LogP contribution in [0.1, 0.15) is 23.8 Å². The van der Waals surface area contributed by atoms with Crippen LogP contribution in [0, 0.1) is 5.92 Å². The topological polar surface area (TPSA) is 84.7 Å². The van der Waals surface area contributed by atoms with Crippen LogP contribution in [0.2, 0.25) is 0 Å². The van der Waals surface area contributed by atoms with Crippen LogP contribution in [0.5, 0.6) is 5.75 Å². The van der Waals surface area contributed by atoms with Gasteiger partial charge < -0.3 is 15.0 Å². The van der Waals surface area contributed by atoms with Crippen molar-refractivity contribution < 1.29 is 9.53 Å². The average Bonchev–Trinajstić information content (AvgIpc) is 3.40. The number of nitrogens with zero attached hydrogens (tertiary/aromatic N) is 5. The van der Waals surface area contributed by atoms with Crippen LogP contribution in [-0.4, -0.2) is 51.1 Å².